The summed E-state index contributed by atoms with van der Waals surface area (Å²) in [5.41, 5.74) is 1.17. The molecule has 0 heterocycles. The van der Waals surface area contributed by atoms with E-state index in [0.29, 0.717) is 6.61 Å². The van der Waals surface area contributed by atoms with Gasteiger partial charge < -0.3 is 15.0 Å². The summed E-state index contributed by atoms with van der Waals surface area (Å²) in [6, 6.07) is 5.82. The second kappa shape index (κ2) is 7.54. The van der Waals surface area contributed by atoms with Crippen molar-refractivity contribution in [1.82, 2.24) is 0 Å². The first-order valence-corrected chi connectivity index (χ1v) is 6.53. The molecule has 0 bridgehead atoms. The largest absolute Gasteiger partial charge is 0.493 e. The molecule has 0 amide bonds. The summed E-state index contributed by atoms with van der Waals surface area (Å²) in [5, 5.41) is 3.07. The molecule has 17 heavy (non-hydrogen) atoms. The van der Waals surface area contributed by atoms with Crippen LogP contribution >= 0.6 is 11.6 Å². The lowest BCUT2D eigenvalue weighted by atomic mass is 10.2. The maximum atomic E-state index is 6.01. The molecule has 1 aromatic carbocycles. The highest BCUT2D eigenvalue weighted by Gasteiger charge is 2.06. The molecule has 0 aromatic heterocycles. The predicted octanol–water partition coefficient (Wildman–Crippen LogP) is -0.0534. The number of halogens is 1. The molecular weight excluding hydrogens is 236 g/mol. The number of ether oxygens (including phenoxy) is 1. The number of benzene rings is 1. The van der Waals surface area contributed by atoms with Crippen LogP contribution < -0.4 is 15.0 Å². The van der Waals surface area contributed by atoms with Gasteiger partial charge in [-0.1, -0.05) is 11.6 Å². The van der Waals surface area contributed by atoms with Gasteiger partial charge in [0.05, 0.1) is 20.7 Å². The molecule has 0 spiro atoms. The minimum atomic E-state index is 0.691. The molecule has 4 heteroatoms. The Morgan fingerprint density at radius 2 is 2.12 bits per heavy atom. The number of nitrogens with one attached hydrogen (secondary N) is 1. The zero-order chi connectivity index (χ0) is 12.7. The van der Waals surface area contributed by atoms with E-state index in [1.54, 1.807) is 0 Å². The van der Waals surface area contributed by atoms with E-state index in [2.05, 4.69) is 19.4 Å². The summed E-state index contributed by atoms with van der Waals surface area (Å²) in [6.45, 7) is 5.88. The van der Waals surface area contributed by atoms with Crippen molar-refractivity contribution < 1.29 is 15.0 Å². The molecular formula is C13H23ClN2O+2. The number of quaternary nitrogens is 2. The topological polar surface area (TPSA) is 30.3 Å². The highest BCUT2D eigenvalue weighted by Crippen LogP contribution is 2.21. The van der Waals surface area contributed by atoms with Crippen LogP contribution in [-0.4, -0.2) is 33.8 Å². The molecule has 3 nitrogen and oxygen atoms in total. The molecule has 0 radical (unpaired) electrons. The number of hydrogen-bond acceptors (Lipinski definition) is 1. The fraction of sp³-hybridized carbons (Fsp3) is 0.538. The van der Waals surface area contributed by atoms with Crippen LogP contribution in [0.5, 0.6) is 5.75 Å². The number of nitrogens with two attached hydrogens (primary N) is 1. The van der Waals surface area contributed by atoms with Crippen LogP contribution in [0, 0.1) is 0 Å². The Hall–Kier alpha value is -0.770. The Kier molecular flexibility index (Phi) is 6.34. The van der Waals surface area contributed by atoms with Crippen LogP contribution in [0.4, 0.5) is 0 Å². The first-order chi connectivity index (χ1) is 8.13. The van der Waals surface area contributed by atoms with E-state index in [0.717, 1.165) is 30.4 Å². The summed E-state index contributed by atoms with van der Waals surface area (Å²) in [4.78, 5) is 1.47. The zero-order valence-electron chi connectivity index (χ0n) is 10.9. The quantitative estimate of drug-likeness (QED) is 0.660. The van der Waals surface area contributed by atoms with Crippen molar-refractivity contribution in [2.45, 2.75) is 13.5 Å². The average Bonchev–Trinajstić information content (AvgIpc) is 2.28. The Bertz CT molecular complexity index is 342. The lowest BCUT2D eigenvalue weighted by molar-refractivity contribution is -0.875. The Morgan fingerprint density at radius 1 is 1.35 bits per heavy atom. The summed E-state index contributed by atoms with van der Waals surface area (Å²) in [6.07, 6.45) is 0. The van der Waals surface area contributed by atoms with Gasteiger partial charge in [0, 0.05) is 10.6 Å². The van der Waals surface area contributed by atoms with Crippen LogP contribution in [-0.2, 0) is 6.54 Å². The van der Waals surface area contributed by atoms with E-state index >= 15 is 0 Å². The number of likely N-dealkylation sites (N-methyl/N-ethyl adjacent to an activating group) is 1. The third-order valence-electron chi connectivity index (χ3n) is 2.54. The maximum absolute atomic E-state index is 6.01. The van der Waals surface area contributed by atoms with E-state index in [9.17, 15) is 0 Å². The van der Waals surface area contributed by atoms with Gasteiger partial charge in [0.25, 0.3) is 0 Å². The van der Waals surface area contributed by atoms with E-state index in [-0.39, 0.29) is 0 Å². The summed E-state index contributed by atoms with van der Waals surface area (Å²) >= 11 is 6.01. The SMILES string of the molecule is CCOc1ccc(Cl)cc1C[NH2+]CC[NH+](C)C. The molecule has 0 aliphatic heterocycles. The summed E-state index contributed by atoms with van der Waals surface area (Å²) in [7, 11) is 4.33. The molecule has 0 unspecified atom stereocenters. The standard InChI is InChI=1S/C13H21ClN2O/c1-4-17-13-6-5-12(14)9-11(13)10-15-7-8-16(2)3/h5-6,9,15H,4,7-8,10H2,1-3H3/p+2. The molecule has 1 aromatic rings. The van der Waals surface area contributed by atoms with Crippen LogP contribution in [0.2, 0.25) is 5.02 Å². The lowest BCUT2D eigenvalue weighted by Crippen LogP contribution is -3.09. The van der Waals surface area contributed by atoms with Crippen LogP contribution in [0.15, 0.2) is 18.2 Å². The normalized spacial score (nSPS) is 10.9. The third kappa shape index (κ3) is 5.39. The first-order valence-electron chi connectivity index (χ1n) is 6.15. The van der Waals surface area contributed by atoms with Gasteiger partial charge in [-0.15, -0.1) is 0 Å². The second-order valence-corrected chi connectivity index (χ2v) is 4.86. The third-order valence-corrected chi connectivity index (χ3v) is 2.77. The van der Waals surface area contributed by atoms with Gasteiger partial charge in [0.15, 0.2) is 0 Å². The van der Waals surface area contributed by atoms with Crippen molar-refractivity contribution in [2.75, 3.05) is 33.8 Å². The fourth-order valence-electron chi connectivity index (χ4n) is 1.65. The molecule has 96 valence electrons. The average molecular weight is 259 g/mol. The molecule has 3 N–H and O–H groups in total. The second-order valence-electron chi connectivity index (χ2n) is 4.42. The fourth-order valence-corrected chi connectivity index (χ4v) is 1.85. The number of hydrogen-bond donors (Lipinski definition) is 2. The summed E-state index contributed by atoms with van der Waals surface area (Å²) < 4.78 is 5.59. The van der Waals surface area contributed by atoms with Gasteiger partial charge in [-0.3, -0.25) is 0 Å². The minimum absolute atomic E-state index is 0.691. The van der Waals surface area contributed by atoms with Crippen molar-refractivity contribution in [2.24, 2.45) is 0 Å². The molecule has 0 saturated heterocycles. The lowest BCUT2D eigenvalue weighted by Gasteiger charge is -2.10. The number of rotatable bonds is 7. The van der Waals surface area contributed by atoms with Crippen LogP contribution in [0.3, 0.4) is 0 Å². The molecule has 0 aliphatic carbocycles. The predicted molar refractivity (Wildman–Crippen MR) is 70.8 cm³/mol. The summed E-state index contributed by atoms with van der Waals surface area (Å²) in [5.74, 6) is 0.949. The molecule has 0 atom stereocenters. The van der Waals surface area contributed by atoms with Crippen LogP contribution in [0.1, 0.15) is 12.5 Å². The van der Waals surface area contributed by atoms with Crippen molar-refractivity contribution in [3.05, 3.63) is 28.8 Å². The highest BCUT2D eigenvalue weighted by atomic mass is 35.5. The molecule has 0 fully saturated rings. The van der Waals surface area contributed by atoms with Gasteiger partial charge in [0.2, 0.25) is 0 Å². The van der Waals surface area contributed by atoms with Crippen molar-refractivity contribution in [3.8, 4) is 5.75 Å². The molecule has 1 rings (SSSR count). The van der Waals surface area contributed by atoms with Crippen molar-refractivity contribution in [3.63, 3.8) is 0 Å². The highest BCUT2D eigenvalue weighted by molar-refractivity contribution is 6.30. The molecule has 0 saturated carbocycles. The van der Waals surface area contributed by atoms with Gasteiger partial charge in [-0.2, -0.15) is 0 Å². The minimum Gasteiger partial charge on any atom is -0.493 e. The van der Waals surface area contributed by atoms with Crippen LogP contribution in [0.25, 0.3) is 0 Å². The zero-order valence-corrected chi connectivity index (χ0v) is 11.7. The Balaban J connectivity index is 2.52. The van der Waals surface area contributed by atoms with Gasteiger partial charge in [0.1, 0.15) is 25.4 Å². The van der Waals surface area contributed by atoms with Gasteiger partial charge in [-0.25, -0.2) is 0 Å². The smallest absolute Gasteiger partial charge is 0.128 e. The Labute approximate surface area is 109 Å². The monoisotopic (exact) mass is 258 g/mol. The van der Waals surface area contributed by atoms with Crippen molar-refractivity contribution in [1.29, 1.82) is 0 Å². The van der Waals surface area contributed by atoms with E-state index in [1.807, 2.05) is 25.1 Å². The molecule has 0 aliphatic rings. The van der Waals surface area contributed by atoms with Crippen molar-refractivity contribution >= 4 is 11.6 Å². The van der Waals surface area contributed by atoms with E-state index < -0.39 is 0 Å². The van der Waals surface area contributed by atoms with E-state index in [1.165, 1.54) is 10.5 Å². The maximum Gasteiger partial charge on any atom is 0.128 e. The van der Waals surface area contributed by atoms with Gasteiger partial charge >= 0.3 is 0 Å². The Morgan fingerprint density at radius 3 is 2.76 bits per heavy atom. The first kappa shape index (κ1) is 14.3. The van der Waals surface area contributed by atoms with E-state index in [4.69, 9.17) is 16.3 Å². The van der Waals surface area contributed by atoms with Gasteiger partial charge in [-0.05, 0) is 25.1 Å².